The average molecular weight is 307 g/mol. The summed E-state index contributed by atoms with van der Waals surface area (Å²) < 4.78 is 75.6. The van der Waals surface area contributed by atoms with E-state index in [9.17, 15) is 6.17 Å². The van der Waals surface area contributed by atoms with Gasteiger partial charge in [-0.15, -0.1) is 0 Å². The van der Waals surface area contributed by atoms with Gasteiger partial charge in [-0.05, 0) is 50.3 Å². The molecule has 116 valence electrons. The predicted octanol–water partition coefficient (Wildman–Crippen LogP) is 1.93. The summed E-state index contributed by atoms with van der Waals surface area (Å²) >= 11 is 0. The SMILES string of the molecule is [2H]C([2H])([2H])Oc1ccc2c3c1OC1([2H])C(=O)CC[C@H]4[C@@]([2H])(C2)N(C([2H])([2H])[2H])CC[C@@]341. The van der Waals surface area contributed by atoms with Crippen LogP contribution in [0.15, 0.2) is 12.1 Å². The van der Waals surface area contributed by atoms with E-state index in [1.54, 1.807) is 6.07 Å². The third-order valence-corrected chi connectivity index (χ3v) is 5.73. The second-order valence-electron chi connectivity index (χ2n) is 6.52. The fraction of sp³-hybridized carbons (Fsp3) is 0.611. The minimum Gasteiger partial charge on any atom is -0.493 e. The van der Waals surface area contributed by atoms with Gasteiger partial charge in [0.2, 0.25) is 0 Å². The van der Waals surface area contributed by atoms with Crippen molar-refractivity contribution >= 4 is 5.78 Å². The minimum atomic E-state index is -2.74. The summed E-state index contributed by atoms with van der Waals surface area (Å²) in [4.78, 5) is 14.2. The molecular weight excluding hydrogens is 278 g/mol. The number of likely N-dealkylation sites (N-methyl/N-ethyl adjacent to an activating group) is 1. The third kappa shape index (κ3) is 1.27. The van der Waals surface area contributed by atoms with Gasteiger partial charge in [-0.3, -0.25) is 4.79 Å². The number of carbonyl (C=O) groups is 1. The highest BCUT2D eigenvalue weighted by Crippen LogP contribution is 2.62. The third-order valence-electron chi connectivity index (χ3n) is 5.73. The highest BCUT2D eigenvalue weighted by atomic mass is 16.5. The molecule has 1 saturated carbocycles. The molecule has 2 bridgehead atoms. The van der Waals surface area contributed by atoms with Crippen molar-refractivity contribution in [3.05, 3.63) is 23.3 Å². The summed E-state index contributed by atoms with van der Waals surface area (Å²) in [5.41, 5.74) is -0.0552. The minimum absolute atomic E-state index is 0.00414. The van der Waals surface area contributed by atoms with Crippen molar-refractivity contribution < 1.29 is 25.2 Å². The van der Waals surface area contributed by atoms with Crippen molar-refractivity contribution in [3.8, 4) is 11.5 Å². The van der Waals surface area contributed by atoms with Gasteiger partial charge < -0.3 is 14.4 Å². The molecule has 1 unspecified atom stereocenters. The number of nitrogens with zero attached hydrogens (tertiary/aromatic N) is 1. The largest absolute Gasteiger partial charge is 0.493 e. The lowest BCUT2D eigenvalue weighted by atomic mass is 9.52. The number of piperidine rings is 1. The number of benzene rings is 1. The van der Waals surface area contributed by atoms with Crippen molar-refractivity contribution in [2.45, 2.75) is 43.2 Å². The first-order valence-corrected chi connectivity index (χ1v) is 7.59. The quantitative estimate of drug-likeness (QED) is 0.795. The number of carbonyl (C=O) groups excluding carboxylic acids is 1. The number of methoxy groups -OCH3 is 1. The molecule has 0 aromatic heterocycles. The number of Topliss-reactive ketones (excluding diaryl/α,β-unsaturated/α-hetero) is 1. The molecule has 0 radical (unpaired) electrons. The van der Waals surface area contributed by atoms with Crippen molar-refractivity contribution in [2.24, 2.45) is 5.92 Å². The van der Waals surface area contributed by atoms with Crippen LogP contribution in [0, 0.1) is 5.92 Å². The molecule has 0 amide bonds. The average Bonchev–Trinajstić information content (AvgIpc) is 2.85. The summed E-state index contributed by atoms with van der Waals surface area (Å²) in [5, 5.41) is 0. The van der Waals surface area contributed by atoms with Crippen molar-refractivity contribution in [2.75, 3.05) is 20.6 Å². The summed E-state index contributed by atoms with van der Waals surface area (Å²) in [5.74, 6) is -1.05. The highest BCUT2D eigenvalue weighted by Gasteiger charge is 2.65. The Labute approximate surface area is 141 Å². The van der Waals surface area contributed by atoms with Gasteiger partial charge in [0, 0.05) is 28.9 Å². The van der Waals surface area contributed by atoms with E-state index in [-0.39, 0.29) is 43.7 Å². The molecule has 1 aromatic carbocycles. The van der Waals surface area contributed by atoms with Crippen molar-refractivity contribution in [1.82, 2.24) is 4.90 Å². The van der Waals surface area contributed by atoms with Crippen LogP contribution in [0.1, 0.15) is 41.4 Å². The predicted molar refractivity (Wildman–Crippen MR) is 81.6 cm³/mol. The molecule has 4 aliphatic rings. The summed E-state index contributed by atoms with van der Waals surface area (Å²) in [7, 11) is -2.74. The van der Waals surface area contributed by atoms with E-state index >= 15 is 0 Å². The fourth-order valence-corrected chi connectivity index (χ4v) is 4.90. The lowest BCUT2D eigenvalue weighted by Gasteiger charge is -2.57. The second kappa shape index (κ2) is 4.05. The van der Waals surface area contributed by atoms with E-state index in [1.807, 2.05) is 0 Å². The first kappa shape index (κ1) is 7.35. The van der Waals surface area contributed by atoms with Gasteiger partial charge in [-0.2, -0.15) is 0 Å². The molecule has 2 aliphatic heterocycles. The zero-order valence-electron chi connectivity index (χ0n) is 19.9. The van der Waals surface area contributed by atoms with Crippen LogP contribution in [0.5, 0.6) is 11.5 Å². The number of ketones is 1. The van der Waals surface area contributed by atoms with Crippen LogP contribution in [0.25, 0.3) is 0 Å². The lowest BCUT2D eigenvalue weighted by molar-refractivity contribution is -0.138. The van der Waals surface area contributed by atoms with E-state index < -0.39 is 43.2 Å². The molecular formula is C18H21NO3. The number of ether oxygens (including phenoxy) is 2. The Morgan fingerprint density at radius 3 is 3.36 bits per heavy atom. The van der Waals surface area contributed by atoms with Gasteiger partial charge in [0.25, 0.3) is 0 Å². The topological polar surface area (TPSA) is 38.8 Å². The summed E-state index contributed by atoms with van der Waals surface area (Å²) in [6.45, 7) is -2.48. The van der Waals surface area contributed by atoms with Crippen LogP contribution in [0.4, 0.5) is 0 Å². The maximum absolute atomic E-state index is 13.0. The van der Waals surface area contributed by atoms with Crippen LogP contribution < -0.4 is 9.47 Å². The molecule has 1 aromatic rings. The monoisotopic (exact) mass is 307 g/mol. The van der Waals surface area contributed by atoms with Gasteiger partial charge in [-0.25, -0.2) is 0 Å². The van der Waals surface area contributed by atoms with E-state index in [2.05, 4.69) is 0 Å². The van der Waals surface area contributed by atoms with Crippen LogP contribution in [0.3, 0.4) is 0 Å². The first-order valence-electron chi connectivity index (χ1n) is 11.6. The molecule has 0 N–H and O–H groups in total. The van der Waals surface area contributed by atoms with Gasteiger partial charge in [0.05, 0.1) is 12.5 Å². The number of hydrogen-bond acceptors (Lipinski definition) is 4. The Bertz CT molecular complexity index is 962. The molecule has 2 aliphatic carbocycles. The number of likely N-dealkylation sites (tertiary alicyclic amines) is 1. The standard InChI is InChI=1S/C18H21NO3/c1-19-8-7-18-11-4-5-13(20)17(18)22-16-14(21-2)6-3-10(15(16)18)9-12(11)19/h3,6,11-12,17H,4-5,7-9H2,1-2H3/t11-,12+,17?,18-/m0/s1/i1D3,2D3,12D,17D. The molecule has 4 atom stereocenters. The maximum Gasteiger partial charge on any atom is 0.174 e. The Kier molecular flexibility index (Phi) is 1.35. The van der Waals surface area contributed by atoms with Gasteiger partial charge in [0.15, 0.2) is 23.4 Å². The maximum atomic E-state index is 13.0. The van der Waals surface area contributed by atoms with E-state index in [4.69, 9.17) is 19.1 Å². The smallest absolute Gasteiger partial charge is 0.174 e. The van der Waals surface area contributed by atoms with Crippen LogP contribution >= 0.6 is 0 Å². The summed E-state index contributed by atoms with van der Waals surface area (Å²) in [6.07, 6.45) is -1.51. The first-order chi connectivity index (χ1) is 13.7. The van der Waals surface area contributed by atoms with Crippen molar-refractivity contribution in [1.29, 1.82) is 0 Å². The zero-order valence-corrected chi connectivity index (χ0v) is 11.9. The van der Waals surface area contributed by atoms with Crippen LogP contribution in [0.2, 0.25) is 0 Å². The van der Waals surface area contributed by atoms with Gasteiger partial charge in [-0.1, -0.05) is 6.07 Å². The Morgan fingerprint density at radius 1 is 1.55 bits per heavy atom. The Morgan fingerprint density at radius 2 is 2.50 bits per heavy atom. The molecule has 4 nitrogen and oxygen atoms in total. The normalized spacial score (nSPS) is 51.6. The molecule has 5 rings (SSSR count). The molecule has 2 fully saturated rings. The van der Waals surface area contributed by atoms with E-state index in [0.717, 1.165) is 0 Å². The Balaban J connectivity index is 1.78. The second-order valence-corrected chi connectivity index (χ2v) is 6.52. The molecule has 1 saturated heterocycles. The highest BCUT2D eigenvalue weighted by molar-refractivity contribution is 5.89. The van der Waals surface area contributed by atoms with Gasteiger partial charge in [0.1, 0.15) is 0 Å². The van der Waals surface area contributed by atoms with Crippen molar-refractivity contribution in [3.63, 3.8) is 0 Å². The van der Waals surface area contributed by atoms with Crippen LogP contribution in [-0.2, 0) is 16.6 Å². The molecule has 4 heteroatoms. The number of hydrogen-bond donors (Lipinski definition) is 0. The molecule has 1 spiro atoms. The van der Waals surface area contributed by atoms with Gasteiger partial charge >= 0.3 is 0 Å². The lowest BCUT2D eigenvalue weighted by Crippen LogP contribution is -2.65. The van der Waals surface area contributed by atoms with E-state index in [0.29, 0.717) is 11.1 Å². The van der Waals surface area contributed by atoms with Crippen LogP contribution in [-0.4, -0.2) is 43.3 Å². The zero-order chi connectivity index (χ0) is 21.9. The Hall–Kier alpha value is -1.55. The van der Waals surface area contributed by atoms with E-state index in [1.165, 1.54) is 11.0 Å². The number of rotatable bonds is 1. The molecule has 22 heavy (non-hydrogen) atoms. The fourth-order valence-electron chi connectivity index (χ4n) is 4.90. The molecule has 2 heterocycles. The summed E-state index contributed by atoms with van der Waals surface area (Å²) in [6, 6.07) is 1.49.